The lowest BCUT2D eigenvalue weighted by molar-refractivity contribution is -0.129. The first-order valence-corrected chi connectivity index (χ1v) is 8.10. The Labute approximate surface area is 141 Å². The molecule has 4 nitrogen and oxygen atoms in total. The van der Waals surface area contributed by atoms with Gasteiger partial charge in [-0.25, -0.2) is 4.39 Å². The summed E-state index contributed by atoms with van der Waals surface area (Å²) in [6, 6.07) is 14.7. The molecule has 1 fully saturated rings. The molecule has 0 unspecified atom stereocenters. The van der Waals surface area contributed by atoms with E-state index in [-0.39, 0.29) is 17.5 Å². The van der Waals surface area contributed by atoms with Crippen LogP contribution in [-0.2, 0) is 11.4 Å². The van der Waals surface area contributed by atoms with E-state index in [0.29, 0.717) is 32.8 Å². The topological polar surface area (TPSA) is 32.8 Å². The Hall–Kier alpha value is -2.56. The summed E-state index contributed by atoms with van der Waals surface area (Å²) >= 11 is 0. The molecule has 2 aromatic rings. The molecular weight excluding hydrogens is 307 g/mol. The molecule has 1 amide bonds. The number of carbonyl (C=O) groups excluding carboxylic acids is 1. The largest absolute Gasteiger partial charge is 0.486 e. The molecule has 0 saturated carbocycles. The summed E-state index contributed by atoms with van der Waals surface area (Å²) < 4.78 is 19.9. The minimum absolute atomic E-state index is 0.0884. The van der Waals surface area contributed by atoms with Gasteiger partial charge in [0.1, 0.15) is 6.61 Å². The number of benzene rings is 2. The van der Waals surface area contributed by atoms with Crippen molar-refractivity contribution >= 4 is 11.6 Å². The normalized spacial score (nSPS) is 14.6. The van der Waals surface area contributed by atoms with E-state index < -0.39 is 0 Å². The highest BCUT2D eigenvalue weighted by atomic mass is 19.1. The van der Waals surface area contributed by atoms with Crippen molar-refractivity contribution in [3.63, 3.8) is 0 Å². The molecule has 5 heteroatoms. The number of carbonyl (C=O) groups is 1. The van der Waals surface area contributed by atoms with E-state index in [1.54, 1.807) is 13.0 Å². The van der Waals surface area contributed by atoms with Crippen LogP contribution < -0.4 is 9.64 Å². The number of ether oxygens (including phenoxy) is 1. The molecule has 126 valence electrons. The second kappa shape index (κ2) is 7.34. The van der Waals surface area contributed by atoms with E-state index in [0.717, 1.165) is 11.3 Å². The second-order valence-corrected chi connectivity index (χ2v) is 5.88. The number of halogens is 1. The van der Waals surface area contributed by atoms with E-state index in [1.807, 2.05) is 41.3 Å². The fraction of sp³-hybridized carbons (Fsp3) is 0.316. The highest BCUT2D eigenvalue weighted by molar-refractivity contribution is 5.73. The van der Waals surface area contributed by atoms with Gasteiger partial charge in [-0.05, 0) is 17.7 Å². The highest BCUT2D eigenvalue weighted by Gasteiger charge is 2.19. The van der Waals surface area contributed by atoms with Crippen LogP contribution >= 0.6 is 0 Å². The van der Waals surface area contributed by atoms with Crippen molar-refractivity contribution in [3.8, 4) is 5.75 Å². The minimum Gasteiger partial charge on any atom is -0.486 e. The molecule has 0 spiro atoms. The van der Waals surface area contributed by atoms with Gasteiger partial charge in [0.25, 0.3) is 0 Å². The summed E-state index contributed by atoms with van der Waals surface area (Å²) in [6.07, 6.45) is 0. The number of hydrogen-bond acceptors (Lipinski definition) is 3. The molecule has 0 atom stereocenters. The second-order valence-electron chi connectivity index (χ2n) is 5.88. The van der Waals surface area contributed by atoms with E-state index in [9.17, 15) is 9.18 Å². The number of rotatable bonds is 4. The number of nitrogens with zero attached hydrogens (tertiary/aromatic N) is 2. The fourth-order valence-corrected chi connectivity index (χ4v) is 2.82. The van der Waals surface area contributed by atoms with Gasteiger partial charge in [0.05, 0.1) is 0 Å². The van der Waals surface area contributed by atoms with E-state index in [4.69, 9.17) is 4.74 Å². The standard InChI is InChI=1S/C19H21FN2O2/c1-15(23)21-9-11-22(12-10-21)17-7-8-19(18(20)13-17)24-14-16-5-3-2-4-6-16/h2-8,13H,9-12,14H2,1H3. The van der Waals surface area contributed by atoms with Crippen molar-refractivity contribution in [3.05, 3.63) is 59.9 Å². The zero-order chi connectivity index (χ0) is 16.9. The van der Waals surface area contributed by atoms with E-state index >= 15 is 0 Å². The Morgan fingerprint density at radius 3 is 2.42 bits per heavy atom. The summed E-state index contributed by atoms with van der Waals surface area (Å²) in [7, 11) is 0. The van der Waals surface area contributed by atoms with Crippen molar-refractivity contribution in [2.24, 2.45) is 0 Å². The number of amides is 1. The SMILES string of the molecule is CC(=O)N1CCN(c2ccc(OCc3ccccc3)c(F)c2)CC1. The van der Waals surface area contributed by atoms with Gasteiger partial charge in [-0.1, -0.05) is 30.3 Å². The van der Waals surface area contributed by atoms with Crippen molar-refractivity contribution in [1.82, 2.24) is 4.90 Å². The van der Waals surface area contributed by atoms with Gasteiger partial charge in [-0.3, -0.25) is 4.79 Å². The van der Waals surface area contributed by atoms with Gasteiger partial charge >= 0.3 is 0 Å². The Morgan fingerprint density at radius 2 is 1.79 bits per heavy atom. The summed E-state index contributed by atoms with van der Waals surface area (Å²) in [5.74, 6) is -0.0205. The Kier molecular flexibility index (Phi) is 4.99. The van der Waals surface area contributed by atoms with Crippen LogP contribution in [-0.4, -0.2) is 37.0 Å². The maximum atomic E-state index is 14.3. The molecule has 1 heterocycles. The molecular formula is C19H21FN2O2. The monoisotopic (exact) mass is 328 g/mol. The molecule has 1 aliphatic rings. The molecule has 3 rings (SSSR count). The van der Waals surface area contributed by atoms with Crippen LogP contribution in [0.15, 0.2) is 48.5 Å². The molecule has 0 N–H and O–H groups in total. The van der Waals surface area contributed by atoms with Gasteiger partial charge in [0, 0.05) is 44.9 Å². The number of piperazine rings is 1. The maximum Gasteiger partial charge on any atom is 0.219 e. The molecule has 0 radical (unpaired) electrons. The Morgan fingerprint density at radius 1 is 1.08 bits per heavy atom. The maximum absolute atomic E-state index is 14.3. The zero-order valence-electron chi connectivity index (χ0n) is 13.7. The molecule has 0 aromatic heterocycles. The lowest BCUT2D eigenvalue weighted by Crippen LogP contribution is -2.48. The summed E-state index contributed by atoms with van der Waals surface area (Å²) in [5, 5.41) is 0. The highest BCUT2D eigenvalue weighted by Crippen LogP contribution is 2.25. The van der Waals surface area contributed by atoms with Crippen LogP contribution in [0.2, 0.25) is 0 Å². The van der Waals surface area contributed by atoms with E-state index in [2.05, 4.69) is 4.90 Å². The van der Waals surface area contributed by atoms with Gasteiger partial charge in [-0.2, -0.15) is 0 Å². The first-order valence-electron chi connectivity index (χ1n) is 8.10. The summed E-state index contributed by atoms with van der Waals surface area (Å²) in [4.78, 5) is 15.3. The first kappa shape index (κ1) is 16.3. The quantitative estimate of drug-likeness (QED) is 0.865. The predicted molar refractivity (Wildman–Crippen MR) is 91.6 cm³/mol. The van der Waals surface area contributed by atoms with Crippen molar-refractivity contribution in [1.29, 1.82) is 0 Å². The lowest BCUT2D eigenvalue weighted by Gasteiger charge is -2.35. The van der Waals surface area contributed by atoms with Crippen molar-refractivity contribution < 1.29 is 13.9 Å². The van der Waals surface area contributed by atoms with Gasteiger partial charge in [0.15, 0.2) is 11.6 Å². The first-order chi connectivity index (χ1) is 11.6. The predicted octanol–water partition coefficient (Wildman–Crippen LogP) is 3.07. The van der Waals surface area contributed by atoms with Gasteiger partial charge < -0.3 is 14.5 Å². The zero-order valence-corrected chi connectivity index (χ0v) is 13.7. The molecule has 1 saturated heterocycles. The van der Waals surface area contributed by atoms with Crippen molar-refractivity contribution in [2.75, 3.05) is 31.1 Å². The molecule has 24 heavy (non-hydrogen) atoms. The molecule has 2 aromatic carbocycles. The van der Waals surface area contributed by atoms with Crippen LogP contribution in [0.1, 0.15) is 12.5 Å². The molecule has 1 aliphatic heterocycles. The third-order valence-corrected chi connectivity index (χ3v) is 4.24. The average molecular weight is 328 g/mol. The summed E-state index contributed by atoms with van der Waals surface area (Å²) in [5.41, 5.74) is 1.82. The van der Waals surface area contributed by atoms with Crippen LogP contribution in [0.3, 0.4) is 0 Å². The minimum atomic E-state index is -0.363. The van der Waals surface area contributed by atoms with Crippen LogP contribution in [0.4, 0.5) is 10.1 Å². The van der Waals surface area contributed by atoms with Crippen LogP contribution in [0.5, 0.6) is 5.75 Å². The molecule has 0 bridgehead atoms. The van der Waals surface area contributed by atoms with Gasteiger partial charge in [-0.15, -0.1) is 0 Å². The smallest absolute Gasteiger partial charge is 0.219 e. The number of hydrogen-bond donors (Lipinski definition) is 0. The number of anilines is 1. The third kappa shape index (κ3) is 3.85. The van der Waals surface area contributed by atoms with E-state index in [1.165, 1.54) is 6.07 Å². The van der Waals surface area contributed by atoms with Crippen LogP contribution in [0.25, 0.3) is 0 Å². The van der Waals surface area contributed by atoms with Gasteiger partial charge in [0.2, 0.25) is 5.91 Å². The Balaban J connectivity index is 1.61. The third-order valence-electron chi connectivity index (χ3n) is 4.24. The van der Waals surface area contributed by atoms with Crippen LogP contribution in [0, 0.1) is 5.82 Å². The molecule has 0 aliphatic carbocycles. The summed E-state index contributed by atoms with van der Waals surface area (Å²) in [6.45, 7) is 4.68. The van der Waals surface area contributed by atoms with Crippen molar-refractivity contribution in [2.45, 2.75) is 13.5 Å². The average Bonchev–Trinajstić information content (AvgIpc) is 2.61. The fourth-order valence-electron chi connectivity index (χ4n) is 2.82. The Bertz CT molecular complexity index is 698. The lowest BCUT2D eigenvalue weighted by atomic mass is 10.2.